The van der Waals surface area contributed by atoms with Crippen LogP contribution in [0.4, 0.5) is 5.82 Å². The van der Waals surface area contributed by atoms with Gasteiger partial charge in [0.25, 0.3) is 0 Å². The normalized spacial score (nSPS) is 19.2. The topological polar surface area (TPSA) is 50.2 Å². The maximum Gasteiger partial charge on any atom is 0.176 e. The van der Waals surface area contributed by atoms with E-state index in [1.165, 1.54) is 18.6 Å². The summed E-state index contributed by atoms with van der Waals surface area (Å²) in [5.74, 6) is 1.53. The summed E-state index contributed by atoms with van der Waals surface area (Å²) >= 11 is 0. The van der Waals surface area contributed by atoms with Crippen LogP contribution < -0.4 is 5.43 Å². The van der Waals surface area contributed by atoms with E-state index in [0.29, 0.717) is 5.41 Å². The lowest BCUT2D eigenvalue weighted by Crippen LogP contribution is -2.26. The minimum absolute atomic E-state index is 0.403. The minimum atomic E-state index is 0.403. The van der Waals surface area contributed by atoms with Crippen molar-refractivity contribution >= 4 is 22.3 Å². The number of anilines is 1. The van der Waals surface area contributed by atoms with Crippen molar-refractivity contribution in [2.75, 3.05) is 5.43 Å². The fourth-order valence-electron chi connectivity index (χ4n) is 3.17. The second kappa shape index (κ2) is 6.03. The van der Waals surface area contributed by atoms with Crippen molar-refractivity contribution in [2.24, 2.45) is 16.4 Å². The lowest BCUT2D eigenvalue weighted by Gasteiger charge is -2.34. The Balaban J connectivity index is 1.70. The van der Waals surface area contributed by atoms with Gasteiger partial charge in [-0.25, -0.2) is 0 Å². The Labute approximate surface area is 132 Å². The summed E-state index contributed by atoms with van der Waals surface area (Å²) in [5, 5.41) is 14.9. The highest BCUT2D eigenvalue weighted by atomic mass is 15.3. The number of fused-ring (bicyclic) bond motifs is 1. The van der Waals surface area contributed by atoms with E-state index in [1.807, 2.05) is 24.3 Å². The Morgan fingerprint density at radius 3 is 2.59 bits per heavy atom. The number of hydrazone groups is 1. The van der Waals surface area contributed by atoms with Crippen molar-refractivity contribution in [2.45, 2.75) is 46.5 Å². The summed E-state index contributed by atoms with van der Waals surface area (Å²) in [7, 11) is 0. The molecule has 0 amide bonds. The molecule has 0 aliphatic heterocycles. The van der Waals surface area contributed by atoms with E-state index in [4.69, 9.17) is 0 Å². The number of aromatic nitrogens is 2. The zero-order valence-corrected chi connectivity index (χ0v) is 13.6. The van der Waals surface area contributed by atoms with Crippen LogP contribution in [-0.2, 0) is 0 Å². The summed E-state index contributed by atoms with van der Waals surface area (Å²) in [4.78, 5) is 0. The van der Waals surface area contributed by atoms with E-state index >= 15 is 0 Å². The van der Waals surface area contributed by atoms with Gasteiger partial charge in [-0.3, -0.25) is 5.43 Å². The molecule has 2 aromatic rings. The van der Waals surface area contributed by atoms with Crippen LogP contribution in [0.25, 0.3) is 10.8 Å². The van der Waals surface area contributed by atoms with E-state index in [-0.39, 0.29) is 0 Å². The monoisotopic (exact) mass is 296 g/mol. The molecule has 4 heteroatoms. The second-order valence-corrected chi connectivity index (χ2v) is 7.21. The number of nitrogens with one attached hydrogen (secondary N) is 1. The molecule has 0 unspecified atom stereocenters. The van der Waals surface area contributed by atoms with Crippen molar-refractivity contribution in [3.63, 3.8) is 0 Å². The molecule has 1 aromatic carbocycles. The van der Waals surface area contributed by atoms with Crippen LogP contribution in [0, 0.1) is 11.3 Å². The van der Waals surface area contributed by atoms with Crippen LogP contribution in [0.5, 0.6) is 0 Å². The number of hydrogen-bond acceptors (Lipinski definition) is 4. The van der Waals surface area contributed by atoms with Gasteiger partial charge in [0.2, 0.25) is 0 Å². The molecule has 3 rings (SSSR count). The van der Waals surface area contributed by atoms with Gasteiger partial charge in [0.15, 0.2) is 5.82 Å². The van der Waals surface area contributed by atoms with Gasteiger partial charge in [0.05, 0.1) is 6.20 Å². The summed E-state index contributed by atoms with van der Waals surface area (Å²) in [6, 6.07) is 8.10. The molecule has 0 spiro atoms. The van der Waals surface area contributed by atoms with Crippen LogP contribution in [-0.4, -0.2) is 15.9 Å². The Kier molecular flexibility index (Phi) is 4.10. The summed E-state index contributed by atoms with van der Waals surface area (Å²) in [6.45, 7) is 7.01. The predicted octanol–water partition coefficient (Wildman–Crippen LogP) is 4.63. The van der Waals surface area contributed by atoms with Gasteiger partial charge in [0.1, 0.15) is 0 Å². The molecule has 0 bridgehead atoms. The van der Waals surface area contributed by atoms with Gasteiger partial charge in [0, 0.05) is 16.5 Å². The van der Waals surface area contributed by atoms with Gasteiger partial charge < -0.3 is 0 Å². The highest BCUT2D eigenvalue weighted by Crippen LogP contribution is 2.36. The van der Waals surface area contributed by atoms with E-state index in [2.05, 4.69) is 41.5 Å². The summed E-state index contributed by atoms with van der Waals surface area (Å²) < 4.78 is 0. The largest absolute Gasteiger partial charge is 0.259 e. The molecule has 1 saturated carbocycles. The van der Waals surface area contributed by atoms with Crippen LogP contribution in [0.15, 0.2) is 35.6 Å². The Morgan fingerprint density at radius 1 is 1.14 bits per heavy atom. The first-order chi connectivity index (χ1) is 10.5. The fraction of sp³-hybridized carbons (Fsp3) is 0.500. The second-order valence-electron chi connectivity index (χ2n) is 7.21. The van der Waals surface area contributed by atoms with Crippen molar-refractivity contribution in [1.82, 2.24) is 10.2 Å². The highest BCUT2D eigenvalue weighted by Gasteiger charge is 2.28. The maximum atomic E-state index is 4.58. The molecule has 1 aliphatic carbocycles. The first-order valence-electron chi connectivity index (χ1n) is 8.06. The van der Waals surface area contributed by atoms with Crippen LogP contribution in [0.1, 0.15) is 46.5 Å². The van der Waals surface area contributed by atoms with Crippen LogP contribution in [0.3, 0.4) is 0 Å². The quantitative estimate of drug-likeness (QED) is 0.822. The standard InChI is InChI=1S/C18H24N4/c1-18(2,3)14-8-10-15(11-9-14)20-22-17-16-7-5-4-6-13(16)12-19-21-17/h4-7,12,14H,8-11H2,1-3H3,(H,21,22). The molecule has 22 heavy (non-hydrogen) atoms. The average molecular weight is 296 g/mol. The van der Waals surface area contributed by atoms with Crippen LogP contribution >= 0.6 is 0 Å². The van der Waals surface area contributed by atoms with Crippen molar-refractivity contribution in [3.8, 4) is 0 Å². The third-order valence-corrected chi connectivity index (χ3v) is 4.68. The minimum Gasteiger partial charge on any atom is -0.259 e. The average Bonchev–Trinajstić information content (AvgIpc) is 2.52. The molecule has 1 fully saturated rings. The molecule has 0 radical (unpaired) electrons. The Bertz CT molecular complexity index is 670. The molecule has 1 aromatic heterocycles. The molecule has 4 nitrogen and oxygen atoms in total. The number of rotatable bonds is 2. The van der Waals surface area contributed by atoms with Gasteiger partial charge in [-0.1, -0.05) is 45.0 Å². The zero-order valence-electron chi connectivity index (χ0n) is 13.6. The molecular weight excluding hydrogens is 272 g/mol. The summed E-state index contributed by atoms with van der Waals surface area (Å²) in [5.41, 5.74) is 4.77. The third-order valence-electron chi connectivity index (χ3n) is 4.68. The molecule has 0 atom stereocenters. The highest BCUT2D eigenvalue weighted by molar-refractivity contribution is 5.92. The lowest BCUT2D eigenvalue weighted by molar-refractivity contribution is 0.208. The SMILES string of the molecule is CC(C)(C)C1CCC(=NNc2nncc3ccccc23)CC1. The fourth-order valence-corrected chi connectivity index (χ4v) is 3.17. The molecule has 1 aliphatic rings. The lowest BCUT2D eigenvalue weighted by atomic mass is 9.72. The van der Waals surface area contributed by atoms with Gasteiger partial charge >= 0.3 is 0 Å². The third kappa shape index (κ3) is 3.26. The molecule has 1 heterocycles. The zero-order chi connectivity index (χ0) is 15.6. The predicted molar refractivity (Wildman–Crippen MR) is 92.0 cm³/mol. The first-order valence-corrected chi connectivity index (χ1v) is 8.06. The van der Waals surface area contributed by atoms with Gasteiger partial charge in [-0.2, -0.15) is 10.2 Å². The maximum absolute atomic E-state index is 4.58. The smallest absolute Gasteiger partial charge is 0.176 e. The van der Waals surface area contributed by atoms with E-state index in [9.17, 15) is 0 Å². The van der Waals surface area contributed by atoms with Crippen molar-refractivity contribution in [3.05, 3.63) is 30.5 Å². The van der Waals surface area contributed by atoms with Crippen molar-refractivity contribution < 1.29 is 0 Å². The molecule has 0 saturated heterocycles. The van der Waals surface area contributed by atoms with Gasteiger partial charge in [-0.05, 0) is 37.0 Å². The number of nitrogens with zero attached hydrogens (tertiary/aromatic N) is 3. The van der Waals surface area contributed by atoms with Crippen molar-refractivity contribution in [1.29, 1.82) is 0 Å². The first kappa shape index (κ1) is 14.9. The van der Waals surface area contributed by atoms with Crippen LogP contribution in [0.2, 0.25) is 0 Å². The summed E-state index contributed by atoms with van der Waals surface area (Å²) in [6.07, 6.45) is 6.39. The van der Waals surface area contributed by atoms with E-state index in [0.717, 1.165) is 35.3 Å². The van der Waals surface area contributed by atoms with E-state index < -0.39 is 0 Å². The number of hydrogen-bond donors (Lipinski definition) is 1. The Morgan fingerprint density at radius 2 is 1.86 bits per heavy atom. The molecular formula is C18H24N4. The van der Waals surface area contributed by atoms with E-state index in [1.54, 1.807) is 6.20 Å². The number of benzene rings is 1. The van der Waals surface area contributed by atoms with Gasteiger partial charge in [-0.15, -0.1) is 5.10 Å². The molecule has 1 N–H and O–H groups in total. The molecule has 116 valence electrons. The Hall–Kier alpha value is -1.97.